The third kappa shape index (κ3) is 4.85. The van der Waals surface area contributed by atoms with E-state index in [2.05, 4.69) is 30.0 Å². The van der Waals surface area contributed by atoms with Crippen molar-refractivity contribution in [2.24, 2.45) is 5.73 Å². The van der Waals surface area contributed by atoms with Gasteiger partial charge in [-0.2, -0.15) is 0 Å². The molecule has 1 saturated heterocycles. The summed E-state index contributed by atoms with van der Waals surface area (Å²) >= 11 is 0. The lowest BCUT2D eigenvalue weighted by atomic mass is 9.95. The molecule has 0 saturated carbocycles. The minimum Gasteiger partial charge on any atom is -0.371 e. The Kier molecular flexibility index (Phi) is 7.36. The molecule has 1 aliphatic heterocycles. The number of carbonyl (C=O) groups excluding carboxylic acids is 1. The van der Waals surface area contributed by atoms with Crippen LogP contribution < -0.4 is 10.6 Å². The molecule has 1 unspecified atom stereocenters. The lowest BCUT2D eigenvalue weighted by Gasteiger charge is -2.30. The highest BCUT2D eigenvalue weighted by atomic mass is 35.5. The fourth-order valence-corrected chi connectivity index (χ4v) is 3.30. The Morgan fingerprint density at radius 3 is 2.52 bits per heavy atom. The molecule has 0 bridgehead atoms. The van der Waals surface area contributed by atoms with Crippen LogP contribution in [0.15, 0.2) is 24.3 Å². The third-order valence-corrected chi connectivity index (χ3v) is 4.45. The van der Waals surface area contributed by atoms with E-state index in [1.54, 1.807) is 4.90 Å². The number of amides is 1. The zero-order valence-electron chi connectivity index (χ0n) is 14.5. The molecule has 0 spiro atoms. The molecule has 1 aliphatic rings. The SMILES string of the molecule is CCCC(C)(N)C(=O)N(C)Cc1ccccc1N1CCCC1.Cl. The minimum absolute atomic E-state index is 0. The minimum atomic E-state index is -0.772. The predicted molar refractivity (Wildman–Crippen MR) is 99.1 cm³/mol. The fourth-order valence-electron chi connectivity index (χ4n) is 3.30. The quantitative estimate of drug-likeness (QED) is 0.866. The van der Waals surface area contributed by atoms with Crippen molar-refractivity contribution < 1.29 is 4.79 Å². The van der Waals surface area contributed by atoms with E-state index in [0.29, 0.717) is 13.0 Å². The van der Waals surface area contributed by atoms with E-state index in [1.807, 2.05) is 20.0 Å². The lowest BCUT2D eigenvalue weighted by molar-refractivity contribution is -0.135. The Hall–Kier alpha value is -1.26. The lowest BCUT2D eigenvalue weighted by Crippen LogP contribution is -2.51. The van der Waals surface area contributed by atoms with Gasteiger partial charge in [-0.05, 0) is 37.8 Å². The smallest absolute Gasteiger partial charge is 0.242 e. The molecular formula is C18H30ClN3O. The summed E-state index contributed by atoms with van der Waals surface area (Å²) in [4.78, 5) is 16.8. The normalized spacial score (nSPS) is 16.6. The zero-order valence-corrected chi connectivity index (χ0v) is 15.4. The van der Waals surface area contributed by atoms with Crippen LogP contribution in [0.1, 0.15) is 45.1 Å². The summed E-state index contributed by atoms with van der Waals surface area (Å²) in [5.74, 6) is 0.0191. The molecule has 0 radical (unpaired) electrons. The molecule has 1 aromatic carbocycles. The van der Waals surface area contributed by atoms with Crippen molar-refractivity contribution in [2.45, 2.75) is 51.6 Å². The molecule has 0 aromatic heterocycles. The molecular weight excluding hydrogens is 310 g/mol. The summed E-state index contributed by atoms with van der Waals surface area (Å²) < 4.78 is 0. The molecule has 5 heteroatoms. The van der Waals surface area contributed by atoms with E-state index in [4.69, 9.17) is 5.73 Å². The largest absolute Gasteiger partial charge is 0.371 e. The maximum Gasteiger partial charge on any atom is 0.242 e. The third-order valence-electron chi connectivity index (χ3n) is 4.45. The highest BCUT2D eigenvalue weighted by Gasteiger charge is 2.30. The molecule has 130 valence electrons. The van der Waals surface area contributed by atoms with Crippen molar-refractivity contribution in [3.05, 3.63) is 29.8 Å². The van der Waals surface area contributed by atoms with Gasteiger partial charge in [0.05, 0.1) is 5.54 Å². The molecule has 4 nitrogen and oxygen atoms in total. The second-order valence-corrected chi connectivity index (χ2v) is 6.65. The second-order valence-electron chi connectivity index (χ2n) is 6.65. The molecule has 1 aromatic rings. The van der Waals surface area contributed by atoms with Gasteiger partial charge in [0.15, 0.2) is 0 Å². The fraction of sp³-hybridized carbons (Fsp3) is 0.611. The maximum atomic E-state index is 12.6. The van der Waals surface area contributed by atoms with Crippen LogP contribution in [-0.2, 0) is 11.3 Å². The average Bonchev–Trinajstić information content (AvgIpc) is 3.01. The highest BCUT2D eigenvalue weighted by Crippen LogP contribution is 2.26. The first-order valence-electron chi connectivity index (χ1n) is 8.33. The van der Waals surface area contributed by atoms with Gasteiger partial charge in [-0.25, -0.2) is 0 Å². The number of para-hydroxylation sites is 1. The van der Waals surface area contributed by atoms with Gasteiger partial charge in [-0.3, -0.25) is 4.79 Å². The van der Waals surface area contributed by atoms with E-state index in [9.17, 15) is 4.79 Å². The van der Waals surface area contributed by atoms with Gasteiger partial charge < -0.3 is 15.5 Å². The predicted octanol–water partition coefficient (Wildman–Crippen LogP) is 3.18. The summed E-state index contributed by atoms with van der Waals surface area (Å²) in [5.41, 5.74) is 7.87. The number of hydrogen-bond donors (Lipinski definition) is 1. The first-order valence-corrected chi connectivity index (χ1v) is 8.33. The number of anilines is 1. The zero-order chi connectivity index (χ0) is 16.2. The Bertz CT molecular complexity index is 513. The van der Waals surface area contributed by atoms with Crippen molar-refractivity contribution in [1.29, 1.82) is 0 Å². The summed E-state index contributed by atoms with van der Waals surface area (Å²) in [7, 11) is 1.85. The molecule has 23 heavy (non-hydrogen) atoms. The van der Waals surface area contributed by atoms with Crippen LogP contribution in [0.4, 0.5) is 5.69 Å². The molecule has 0 aliphatic carbocycles. The number of carbonyl (C=O) groups is 1. The molecule has 1 atom stereocenters. The van der Waals surface area contributed by atoms with E-state index in [0.717, 1.165) is 19.5 Å². The van der Waals surface area contributed by atoms with Gasteiger partial charge >= 0.3 is 0 Å². The van der Waals surface area contributed by atoms with Gasteiger partial charge in [0.2, 0.25) is 5.91 Å². The number of hydrogen-bond acceptors (Lipinski definition) is 3. The number of benzene rings is 1. The van der Waals surface area contributed by atoms with Crippen LogP contribution in [0.2, 0.25) is 0 Å². The van der Waals surface area contributed by atoms with Gasteiger partial charge in [0, 0.05) is 32.4 Å². The summed E-state index contributed by atoms with van der Waals surface area (Å²) in [6.45, 7) is 6.73. The van der Waals surface area contributed by atoms with Crippen LogP contribution in [0.5, 0.6) is 0 Å². The molecule has 1 amide bonds. The van der Waals surface area contributed by atoms with E-state index in [-0.39, 0.29) is 18.3 Å². The van der Waals surface area contributed by atoms with Crippen LogP contribution in [0, 0.1) is 0 Å². The number of rotatable bonds is 6. The van der Waals surface area contributed by atoms with Crippen molar-refractivity contribution in [3.63, 3.8) is 0 Å². The molecule has 1 heterocycles. The number of halogens is 1. The molecule has 1 fully saturated rings. The first-order chi connectivity index (χ1) is 10.5. The van der Waals surface area contributed by atoms with Crippen LogP contribution in [-0.4, -0.2) is 36.5 Å². The van der Waals surface area contributed by atoms with Crippen LogP contribution >= 0.6 is 12.4 Å². The second kappa shape index (κ2) is 8.55. The van der Waals surface area contributed by atoms with Crippen molar-refractivity contribution in [2.75, 3.05) is 25.0 Å². The van der Waals surface area contributed by atoms with Crippen LogP contribution in [0.25, 0.3) is 0 Å². The summed E-state index contributed by atoms with van der Waals surface area (Å²) in [5, 5.41) is 0. The Balaban J connectivity index is 0.00000264. The maximum absolute atomic E-state index is 12.6. The van der Waals surface area contributed by atoms with E-state index >= 15 is 0 Å². The Morgan fingerprint density at radius 2 is 1.91 bits per heavy atom. The Labute approximate surface area is 146 Å². The molecule has 2 N–H and O–H groups in total. The number of likely N-dealkylation sites (N-methyl/N-ethyl adjacent to an activating group) is 1. The first kappa shape index (κ1) is 19.8. The monoisotopic (exact) mass is 339 g/mol. The number of nitrogens with zero attached hydrogens (tertiary/aromatic N) is 2. The topological polar surface area (TPSA) is 49.6 Å². The number of nitrogens with two attached hydrogens (primary N) is 1. The van der Waals surface area contributed by atoms with Crippen molar-refractivity contribution in [1.82, 2.24) is 4.90 Å². The Morgan fingerprint density at radius 1 is 1.30 bits per heavy atom. The highest BCUT2D eigenvalue weighted by molar-refractivity contribution is 5.85. The van der Waals surface area contributed by atoms with E-state index < -0.39 is 5.54 Å². The molecule has 2 rings (SSSR count). The van der Waals surface area contributed by atoms with Crippen LogP contribution in [0.3, 0.4) is 0 Å². The standard InChI is InChI=1S/C18H29N3O.ClH/c1-4-11-18(2,19)17(22)20(3)14-15-9-5-6-10-16(15)21-12-7-8-13-21;/h5-6,9-10H,4,7-8,11-14,19H2,1-3H3;1H. The van der Waals surface area contributed by atoms with Gasteiger partial charge in [-0.1, -0.05) is 31.5 Å². The van der Waals surface area contributed by atoms with Gasteiger partial charge in [0.25, 0.3) is 0 Å². The van der Waals surface area contributed by atoms with Gasteiger partial charge in [0.1, 0.15) is 0 Å². The van der Waals surface area contributed by atoms with Crippen molar-refractivity contribution >= 4 is 24.0 Å². The summed E-state index contributed by atoms with van der Waals surface area (Å²) in [6.07, 6.45) is 4.13. The average molecular weight is 340 g/mol. The van der Waals surface area contributed by atoms with Gasteiger partial charge in [-0.15, -0.1) is 12.4 Å². The van der Waals surface area contributed by atoms with E-state index in [1.165, 1.54) is 24.1 Å². The summed E-state index contributed by atoms with van der Waals surface area (Å²) in [6, 6.07) is 8.39. The van der Waals surface area contributed by atoms with Crippen molar-refractivity contribution in [3.8, 4) is 0 Å².